The Balaban J connectivity index is 2.04. The summed E-state index contributed by atoms with van der Waals surface area (Å²) < 4.78 is 16.5. The molecule has 1 heterocycles. The molecule has 1 saturated carbocycles. The van der Waals surface area contributed by atoms with Crippen LogP contribution in [0.25, 0.3) is 0 Å². The number of nitrogens with zero attached hydrogens (tertiary/aromatic N) is 3. The number of hydrogen-bond donors (Lipinski definition) is 0. The van der Waals surface area contributed by atoms with Crippen molar-refractivity contribution < 1.29 is 9.23 Å². The molecule has 0 radical (unpaired) electrons. The zero-order chi connectivity index (χ0) is 16.6. The van der Waals surface area contributed by atoms with E-state index in [9.17, 15) is 9.18 Å². The highest BCUT2D eigenvalue weighted by molar-refractivity contribution is 14.1. The fourth-order valence-corrected chi connectivity index (χ4v) is 2.68. The van der Waals surface area contributed by atoms with Crippen molar-refractivity contribution in [2.45, 2.75) is 19.8 Å². The maximum Gasteiger partial charge on any atom is 0.271 e. The van der Waals surface area contributed by atoms with Crippen molar-refractivity contribution in [2.24, 2.45) is 13.0 Å². The summed E-state index contributed by atoms with van der Waals surface area (Å²) in [7, 11) is 1.58. The van der Waals surface area contributed by atoms with Crippen LogP contribution in [0.4, 0.5) is 15.8 Å². The molecule has 7 heteroatoms. The molecule has 0 atom stereocenters. The first-order valence-corrected chi connectivity index (χ1v) is 8.46. The fraction of sp³-hybridized carbons (Fsp3) is 0.375. The van der Waals surface area contributed by atoms with Crippen molar-refractivity contribution in [3.05, 3.63) is 49.7 Å². The van der Waals surface area contributed by atoms with Crippen LogP contribution in [0.5, 0.6) is 0 Å². The Morgan fingerprint density at radius 3 is 2.83 bits per heavy atom. The van der Waals surface area contributed by atoms with Crippen LogP contribution in [0.1, 0.15) is 18.4 Å². The molecule has 1 fully saturated rings. The molecular weight excluding hydrogens is 412 g/mol. The predicted octanol–water partition coefficient (Wildman–Crippen LogP) is 3.31. The smallest absolute Gasteiger partial charge is 0.268 e. The number of aryl methyl sites for hydroxylation is 1. The van der Waals surface area contributed by atoms with Crippen LogP contribution in [0.2, 0.25) is 0 Å². The number of benzene rings is 1. The van der Waals surface area contributed by atoms with Crippen molar-refractivity contribution in [1.29, 1.82) is 0 Å². The summed E-state index contributed by atoms with van der Waals surface area (Å²) in [6.45, 7) is 2.19. The Morgan fingerprint density at radius 2 is 2.17 bits per heavy atom. The molecular formula is C16H17FIN3O2. The lowest BCUT2D eigenvalue weighted by Gasteiger charge is -2.25. The summed E-state index contributed by atoms with van der Waals surface area (Å²) in [6.07, 6.45) is 3.77. The van der Waals surface area contributed by atoms with Gasteiger partial charge in [-0.2, -0.15) is 5.10 Å². The molecule has 1 aromatic heterocycles. The molecule has 3 rings (SSSR count). The Kier molecular flexibility index (Phi) is 4.67. The monoisotopic (exact) mass is 429 g/mol. The molecule has 23 heavy (non-hydrogen) atoms. The number of aromatic nitrogens is 2. The van der Waals surface area contributed by atoms with Gasteiger partial charge in [-0.15, -0.1) is 0 Å². The first kappa shape index (κ1) is 16.4. The second-order valence-corrected chi connectivity index (χ2v) is 6.96. The van der Waals surface area contributed by atoms with Gasteiger partial charge in [0.05, 0.1) is 18.5 Å². The van der Waals surface area contributed by atoms with E-state index in [-0.39, 0.29) is 11.2 Å². The molecule has 0 N–H and O–H groups in total. The first-order chi connectivity index (χ1) is 11.0. The minimum atomic E-state index is -0.396. The molecule has 0 unspecified atom stereocenters. The van der Waals surface area contributed by atoms with E-state index in [4.69, 9.17) is 4.84 Å². The van der Waals surface area contributed by atoms with Gasteiger partial charge >= 0.3 is 0 Å². The van der Waals surface area contributed by atoms with Crippen LogP contribution in [0.15, 0.2) is 29.2 Å². The predicted molar refractivity (Wildman–Crippen MR) is 94.1 cm³/mol. The summed E-state index contributed by atoms with van der Waals surface area (Å²) in [5.74, 6) is 0.108. The highest BCUT2D eigenvalue weighted by Gasteiger charge is 2.26. The maximum absolute atomic E-state index is 14.4. The molecule has 0 saturated heterocycles. The average Bonchev–Trinajstić information content (AvgIpc) is 3.32. The SMILES string of the molecule is Cc1c(N(OCC2CC2)c2ccc(I)cc2F)cnn(C)c1=O. The number of halogens is 2. The van der Waals surface area contributed by atoms with Crippen molar-refractivity contribution in [3.8, 4) is 0 Å². The van der Waals surface area contributed by atoms with E-state index < -0.39 is 5.82 Å². The van der Waals surface area contributed by atoms with Gasteiger partial charge in [0.1, 0.15) is 11.5 Å². The van der Waals surface area contributed by atoms with Gasteiger partial charge in [-0.05, 0) is 66.5 Å². The zero-order valence-electron chi connectivity index (χ0n) is 12.9. The van der Waals surface area contributed by atoms with E-state index in [0.717, 1.165) is 16.4 Å². The van der Waals surface area contributed by atoms with Crippen LogP contribution < -0.4 is 10.6 Å². The highest BCUT2D eigenvalue weighted by atomic mass is 127. The summed E-state index contributed by atoms with van der Waals surface area (Å²) in [5.41, 5.74) is 0.989. The largest absolute Gasteiger partial charge is 0.271 e. The van der Waals surface area contributed by atoms with Gasteiger partial charge < -0.3 is 0 Å². The quantitative estimate of drug-likeness (QED) is 0.541. The number of hydrogen-bond acceptors (Lipinski definition) is 4. The third-order valence-electron chi connectivity index (χ3n) is 3.84. The van der Waals surface area contributed by atoms with Crippen molar-refractivity contribution in [3.63, 3.8) is 0 Å². The van der Waals surface area contributed by atoms with Gasteiger partial charge in [-0.25, -0.2) is 14.1 Å². The van der Waals surface area contributed by atoms with Gasteiger partial charge in [0.2, 0.25) is 0 Å². The third-order valence-corrected chi connectivity index (χ3v) is 4.51. The fourth-order valence-electron chi connectivity index (χ4n) is 2.23. The summed E-state index contributed by atoms with van der Waals surface area (Å²) in [5, 5.41) is 5.43. The number of rotatable bonds is 5. The van der Waals surface area contributed by atoms with Gasteiger partial charge in [-0.3, -0.25) is 9.63 Å². The van der Waals surface area contributed by atoms with E-state index >= 15 is 0 Å². The lowest BCUT2D eigenvalue weighted by Crippen LogP contribution is -2.28. The Morgan fingerprint density at radius 1 is 1.43 bits per heavy atom. The Bertz CT molecular complexity index is 789. The molecule has 1 aliphatic rings. The molecule has 1 aromatic carbocycles. The number of anilines is 2. The molecule has 0 spiro atoms. The highest BCUT2D eigenvalue weighted by Crippen LogP contribution is 2.34. The van der Waals surface area contributed by atoms with Crippen molar-refractivity contribution in [1.82, 2.24) is 9.78 Å². The summed E-state index contributed by atoms with van der Waals surface area (Å²) in [6, 6.07) is 4.89. The minimum absolute atomic E-state index is 0.228. The second-order valence-electron chi connectivity index (χ2n) is 5.71. The average molecular weight is 429 g/mol. The molecule has 0 aliphatic heterocycles. The molecule has 122 valence electrons. The second kappa shape index (κ2) is 6.56. The van der Waals surface area contributed by atoms with E-state index in [1.54, 1.807) is 26.1 Å². The summed E-state index contributed by atoms with van der Waals surface area (Å²) >= 11 is 2.05. The van der Waals surface area contributed by atoms with Crippen LogP contribution in [-0.4, -0.2) is 16.4 Å². The normalized spacial score (nSPS) is 14.1. The van der Waals surface area contributed by atoms with Crippen molar-refractivity contribution in [2.75, 3.05) is 11.7 Å². The maximum atomic E-state index is 14.4. The molecule has 1 aliphatic carbocycles. The van der Waals surface area contributed by atoms with E-state index in [1.807, 2.05) is 0 Å². The van der Waals surface area contributed by atoms with Crippen LogP contribution in [0.3, 0.4) is 0 Å². The Hall–Kier alpha value is -1.48. The van der Waals surface area contributed by atoms with E-state index in [1.165, 1.54) is 22.0 Å². The van der Waals surface area contributed by atoms with Crippen LogP contribution in [0, 0.1) is 22.2 Å². The van der Waals surface area contributed by atoms with Crippen LogP contribution in [-0.2, 0) is 11.9 Å². The molecule has 0 bridgehead atoms. The lowest BCUT2D eigenvalue weighted by atomic mass is 10.2. The van der Waals surface area contributed by atoms with E-state index in [0.29, 0.717) is 23.8 Å². The van der Waals surface area contributed by atoms with Crippen LogP contribution >= 0.6 is 22.6 Å². The molecule has 5 nitrogen and oxygen atoms in total. The minimum Gasteiger partial charge on any atom is -0.268 e. The van der Waals surface area contributed by atoms with Gasteiger partial charge in [0, 0.05) is 16.2 Å². The molecule has 2 aromatic rings. The Labute approximate surface area is 147 Å². The first-order valence-electron chi connectivity index (χ1n) is 7.38. The van der Waals surface area contributed by atoms with Gasteiger partial charge in [0.25, 0.3) is 5.56 Å². The molecule has 0 amide bonds. The van der Waals surface area contributed by atoms with Gasteiger partial charge in [0.15, 0.2) is 0 Å². The summed E-state index contributed by atoms with van der Waals surface area (Å²) in [4.78, 5) is 18.0. The third kappa shape index (κ3) is 3.55. The lowest BCUT2D eigenvalue weighted by molar-refractivity contribution is 0.123. The standard InChI is InChI=1S/C16H17FIN3O2/c1-10-15(8-19-20(2)16(10)22)21(23-9-11-3-4-11)14-6-5-12(18)7-13(14)17/h5-8,11H,3-4,9H2,1-2H3. The zero-order valence-corrected chi connectivity index (χ0v) is 15.1. The van der Waals surface area contributed by atoms with Gasteiger partial charge in [-0.1, -0.05) is 0 Å². The van der Waals surface area contributed by atoms with Crippen molar-refractivity contribution >= 4 is 34.0 Å². The topological polar surface area (TPSA) is 47.4 Å². The van der Waals surface area contributed by atoms with E-state index in [2.05, 4.69) is 27.7 Å².